The normalized spacial score (nSPS) is 14.0. The molecule has 34 nitrogen and oxygen atoms in total. The van der Waals surface area contributed by atoms with E-state index in [0.29, 0.717) is 11.1 Å². The van der Waals surface area contributed by atoms with Crippen LogP contribution in [0.5, 0.6) is 5.75 Å². The third-order valence-electron chi connectivity index (χ3n) is 12.1. The molecule has 3 aromatic rings. The number of aliphatic hydroxyl groups excluding tert-OH is 1. The number of guanidine groups is 1. The van der Waals surface area contributed by atoms with Crippen molar-refractivity contribution in [2.45, 2.75) is 119 Å². The number of hydrogen-bond acceptors (Lipinski definition) is 18. The molecule has 2 aromatic carbocycles. The number of aromatic amines is 1. The number of carboxylic acid groups (broad SMARTS) is 4. The number of carboxylic acids is 4. The Bertz CT molecular complexity index is 2850. The molecule has 3 rings (SSSR count). The van der Waals surface area contributed by atoms with Crippen LogP contribution in [-0.2, 0) is 81.6 Å². The highest BCUT2D eigenvalue weighted by Gasteiger charge is 2.35. The van der Waals surface area contributed by atoms with E-state index in [2.05, 4.69) is 62.8 Å². The number of carbonyl (C=O) groups is 13. The zero-order valence-electron chi connectivity index (χ0n) is 45.6. The smallest absolute Gasteiger partial charge is 0.326 e. The number of H-pyrrole nitrogens is 1. The van der Waals surface area contributed by atoms with E-state index in [0.717, 1.165) is 0 Å². The van der Waals surface area contributed by atoms with Crippen molar-refractivity contribution in [1.82, 2.24) is 57.8 Å². The maximum Gasteiger partial charge on any atom is 0.326 e. The largest absolute Gasteiger partial charge is 0.508 e. The zero-order chi connectivity index (χ0) is 63.3. The molecule has 0 aliphatic rings. The maximum atomic E-state index is 14.4. The summed E-state index contributed by atoms with van der Waals surface area (Å²) in [5.41, 5.74) is 17.6. The fourth-order valence-corrected chi connectivity index (χ4v) is 7.70. The Morgan fingerprint density at radius 2 is 1.08 bits per heavy atom. The first-order valence-corrected chi connectivity index (χ1v) is 25.9. The quantitative estimate of drug-likeness (QED) is 0.0145. The Morgan fingerprint density at radius 3 is 1.64 bits per heavy atom. The molecule has 9 amide bonds. The van der Waals surface area contributed by atoms with E-state index >= 15 is 0 Å². The lowest BCUT2D eigenvalue weighted by molar-refractivity contribution is -0.142. The first-order valence-electron chi connectivity index (χ1n) is 25.9. The number of nitrogens with zero attached hydrogens (tertiary/aromatic N) is 2. The van der Waals surface area contributed by atoms with Gasteiger partial charge in [-0.05, 0) is 49.4 Å². The summed E-state index contributed by atoms with van der Waals surface area (Å²) in [5.74, 6) is -16.4. The van der Waals surface area contributed by atoms with Gasteiger partial charge in [0.15, 0.2) is 5.96 Å². The van der Waals surface area contributed by atoms with Gasteiger partial charge in [0.05, 0.1) is 38.4 Å². The fourth-order valence-electron chi connectivity index (χ4n) is 7.70. The van der Waals surface area contributed by atoms with Crippen molar-refractivity contribution in [2.75, 3.05) is 19.7 Å². The van der Waals surface area contributed by atoms with E-state index in [9.17, 15) is 87.9 Å². The molecule has 0 fully saturated rings. The van der Waals surface area contributed by atoms with Gasteiger partial charge in [-0.2, -0.15) is 0 Å². The minimum Gasteiger partial charge on any atom is -0.508 e. The summed E-state index contributed by atoms with van der Waals surface area (Å²) in [4.78, 5) is 179. The lowest BCUT2D eigenvalue weighted by Gasteiger charge is -2.27. The van der Waals surface area contributed by atoms with Crippen LogP contribution in [0.15, 0.2) is 72.1 Å². The topological polar surface area (TPSA) is 571 Å². The number of aliphatic hydroxyl groups is 1. The minimum atomic E-state index is -1.97. The number of aliphatic carboxylic acids is 4. The molecule has 0 aliphatic heterocycles. The molecule has 0 unspecified atom stereocenters. The van der Waals surface area contributed by atoms with Crippen LogP contribution in [0.2, 0.25) is 0 Å². The van der Waals surface area contributed by atoms with Gasteiger partial charge in [-0.1, -0.05) is 42.5 Å². The Hall–Kier alpha value is -10.3. The van der Waals surface area contributed by atoms with Crippen molar-refractivity contribution in [2.24, 2.45) is 22.2 Å². The molecule has 462 valence electrons. The zero-order valence-corrected chi connectivity index (χ0v) is 45.6. The third kappa shape index (κ3) is 25.6. The van der Waals surface area contributed by atoms with Crippen molar-refractivity contribution in [3.8, 4) is 5.75 Å². The lowest BCUT2D eigenvalue weighted by atomic mass is 10.0. The number of amides is 9. The summed E-state index contributed by atoms with van der Waals surface area (Å²) in [5, 5.41) is 77.9. The molecular formula is C51H69N15O19. The van der Waals surface area contributed by atoms with E-state index in [1.54, 1.807) is 30.3 Å². The Balaban J connectivity index is 1.88. The third-order valence-corrected chi connectivity index (χ3v) is 12.1. The van der Waals surface area contributed by atoms with Crippen LogP contribution in [0, 0.1) is 0 Å². The van der Waals surface area contributed by atoms with E-state index in [1.807, 2.05) is 0 Å². The van der Waals surface area contributed by atoms with Gasteiger partial charge in [-0.3, -0.25) is 62.5 Å². The SMILES string of the molecule is C[C@H](NC(=O)[C@@H](N)CC(=O)O)C(=O)N[C@@H](CCC(=O)O)C(=O)N[C@@H](Cc1ccccc1)C(=O)N[C@@H](CCCN=C(N)N)C(=O)N[C@@H](Cc1cnc[nH]1)C(=O)N[C@H](CC(=O)O)C(=O)NCC(=O)N[C@@H](CO)C(=O)N[C@@H](Cc1ccc(O)cc1)C(=O)O. The highest BCUT2D eigenvalue weighted by atomic mass is 16.4. The molecule has 34 heteroatoms. The van der Waals surface area contributed by atoms with E-state index in [1.165, 1.54) is 43.7 Å². The lowest BCUT2D eigenvalue weighted by Crippen LogP contribution is -2.60. The van der Waals surface area contributed by atoms with Gasteiger partial charge in [0.25, 0.3) is 0 Å². The summed E-state index contributed by atoms with van der Waals surface area (Å²) in [6, 6.07) is -1.55. The predicted octanol–water partition coefficient (Wildman–Crippen LogP) is -6.57. The van der Waals surface area contributed by atoms with Crippen LogP contribution in [0.4, 0.5) is 0 Å². The second-order valence-electron chi connectivity index (χ2n) is 19.0. The minimum absolute atomic E-state index is 0.0232. The molecule has 22 N–H and O–H groups in total. The van der Waals surface area contributed by atoms with Crippen LogP contribution in [-0.4, -0.2) is 198 Å². The van der Waals surface area contributed by atoms with Crippen LogP contribution in [0.25, 0.3) is 0 Å². The summed E-state index contributed by atoms with van der Waals surface area (Å²) < 4.78 is 0. The van der Waals surface area contributed by atoms with Crippen molar-refractivity contribution in [1.29, 1.82) is 0 Å². The number of phenols is 1. The van der Waals surface area contributed by atoms with Crippen molar-refractivity contribution in [3.63, 3.8) is 0 Å². The first-order chi connectivity index (χ1) is 40.1. The van der Waals surface area contributed by atoms with Gasteiger partial charge >= 0.3 is 23.9 Å². The van der Waals surface area contributed by atoms with Gasteiger partial charge < -0.3 is 101 Å². The number of aromatic hydroxyl groups is 1. The van der Waals surface area contributed by atoms with E-state index in [4.69, 9.17) is 22.3 Å². The van der Waals surface area contributed by atoms with Crippen LogP contribution < -0.4 is 65.1 Å². The number of rotatable bonds is 37. The second kappa shape index (κ2) is 34.9. The van der Waals surface area contributed by atoms with Crippen LogP contribution in [0.3, 0.4) is 0 Å². The average Bonchev–Trinajstić information content (AvgIpc) is 4.13. The van der Waals surface area contributed by atoms with Gasteiger partial charge in [-0.25, -0.2) is 9.78 Å². The number of carbonyl (C=O) groups excluding carboxylic acids is 9. The number of phenolic OH excluding ortho intramolecular Hbond substituents is 1. The van der Waals surface area contributed by atoms with E-state index in [-0.39, 0.29) is 49.6 Å². The van der Waals surface area contributed by atoms with Crippen molar-refractivity contribution >= 4 is 83.0 Å². The molecule has 0 spiro atoms. The number of benzene rings is 2. The molecular weight excluding hydrogens is 1130 g/mol. The van der Waals surface area contributed by atoms with Crippen molar-refractivity contribution < 1.29 is 93.0 Å². The van der Waals surface area contributed by atoms with Crippen LogP contribution in [0.1, 0.15) is 62.3 Å². The molecule has 0 saturated carbocycles. The number of imidazole rings is 1. The molecule has 1 heterocycles. The molecule has 85 heavy (non-hydrogen) atoms. The number of hydrogen-bond donors (Lipinski definition) is 19. The molecule has 0 bridgehead atoms. The summed E-state index contributed by atoms with van der Waals surface area (Å²) >= 11 is 0. The monoisotopic (exact) mass is 1200 g/mol. The van der Waals surface area contributed by atoms with Crippen LogP contribution >= 0.6 is 0 Å². The first kappa shape index (κ1) is 69.0. The molecule has 9 atom stereocenters. The second-order valence-corrected chi connectivity index (χ2v) is 19.0. The predicted molar refractivity (Wildman–Crippen MR) is 292 cm³/mol. The maximum absolute atomic E-state index is 14.4. The highest BCUT2D eigenvalue weighted by molar-refractivity contribution is 5.99. The number of nitrogens with one attached hydrogen (secondary N) is 10. The standard InChI is InChI=1S/C51H69N15O19/c1-25(59-43(77)30(52)19-40(72)73)42(76)61-32(13-14-39(70)71)46(80)63-33(16-26-6-3-2-4-7-26)47(81)62-31(8-5-15-56-51(53)54)45(79)64-34(18-28-21-55-24-58-28)48(82)65-35(20-41(74)75)44(78)57-22-38(69)60-37(23-67)49(83)66-36(50(84)85)17-27-9-11-29(68)12-10-27/h2-4,6-7,9-12,21,24-25,30-37,67-68H,5,8,13-20,22-23,52H2,1H3,(H,55,58)(H,57,78)(H,59,77)(H,60,69)(H,61,76)(H,62,81)(H,63,80)(H,64,79)(H,65,82)(H,66,83)(H,70,71)(H,72,73)(H,74,75)(H,84,85)(H4,53,54,56)/t25-,30-,31-,32-,33-,34-,35+,36-,37-/m0/s1. The van der Waals surface area contributed by atoms with Gasteiger partial charge in [-0.15, -0.1) is 0 Å². The molecule has 0 radical (unpaired) electrons. The molecule has 1 aromatic heterocycles. The van der Waals surface area contributed by atoms with Gasteiger partial charge in [0.2, 0.25) is 53.2 Å². The molecule has 0 saturated heterocycles. The Kier molecular flexibility index (Phi) is 28.3. The Morgan fingerprint density at radius 1 is 0.565 bits per heavy atom. The summed E-state index contributed by atoms with van der Waals surface area (Å²) in [6.45, 7) is -0.979. The summed E-state index contributed by atoms with van der Waals surface area (Å²) in [6.07, 6.45) is -1.95. The summed E-state index contributed by atoms with van der Waals surface area (Å²) in [7, 11) is 0. The van der Waals surface area contributed by atoms with Gasteiger partial charge in [0.1, 0.15) is 54.1 Å². The number of aliphatic imine (C=N–C) groups is 1. The Labute approximate surface area is 483 Å². The number of nitrogens with two attached hydrogens (primary N) is 3. The fraction of sp³-hybridized carbons (Fsp3) is 0.431. The molecule has 0 aliphatic carbocycles. The average molecular weight is 1200 g/mol. The van der Waals surface area contributed by atoms with E-state index < -0.39 is 177 Å². The van der Waals surface area contributed by atoms with Crippen molar-refractivity contribution in [3.05, 3.63) is 83.9 Å². The highest BCUT2D eigenvalue weighted by Crippen LogP contribution is 2.13. The van der Waals surface area contributed by atoms with Gasteiger partial charge in [0, 0.05) is 44.1 Å². The number of aromatic nitrogens is 2.